The number of nitrogens with one attached hydrogen (secondary N) is 1. The normalized spacial score (nSPS) is 8.50. The fourth-order valence-electron chi connectivity index (χ4n) is 0.291. The van der Waals surface area contributed by atoms with E-state index in [0.29, 0.717) is 0 Å². The highest BCUT2D eigenvalue weighted by atomic mass is 15.1. The monoisotopic (exact) mass is 109 g/mol. The lowest BCUT2D eigenvalue weighted by molar-refractivity contribution is 0.974. The Kier molecular flexibility index (Phi) is 1.23. The molecule has 0 saturated carbocycles. The van der Waals surface area contributed by atoms with Gasteiger partial charge in [-0.1, -0.05) is 0 Å². The number of hydrogen-bond acceptors (Lipinski definition) is 5. The van der Waals surface area contributed by atoms with Gasteiger partial charge in [-0.05, 0) is 0 Å². The van der Waals surface area contributed by atoms with E-state index in [0.717, 1.165) is 0 Å². The summed E-state index contributed by atoms with van der Waals surface area (Å²) in [7, 11) is 0. The van der Waals surface area contributed by atoms with Crippen LogP contribution in [0.3, 0.4) is 0 Å². The second-order valence-electron chi connectivity index (χ2n) is 1.05. The van der Waals surface area contributed by atoms with E-state index >= 15 is 0 Å². The molecule has 5 heteroatoms. The Morgan fingerprint density at radius 2 is 2.00 bits per heavy atom. The Hall–Kier alpha value is -1.39. The molecule has 1 aromatic rings. The van der Waals surface area contributed by atoms with Crippen molar-refractivity contribution in [2.75, 3.05) is 0 Å². The van der Waals surface area contributed by atoms with Crippen molar-refractivity contribution in [2.45, 2.75) is 0 Å². The lowest BCUT2D eigenvalue weighted by Crippen LogP contribution is -1.78. The smallest absolute Gasteiger partial charge is 0.225 e. The van der Waals surface area contributed by atoms with E-state index in [4.69, 9.17) is 5.53 Å². The maximum atomic E-state index is 6.42. The van der Waals surface area contributed by atoms with Gasteiger partial charge in [0.25, 0.3) is 5.95 Å². The van der Waals surface area contributed by atoms with E-state index in [1.807, 2.05) is 0 Å². The summed E-state index contributed by atoms with van der Waals surface area (Å²) >= 11 is 0. The van der Waals surface area contributed by atoms with Crippen molar-refractivity contribution in [3.8, 4) is 0 Å². The van der Waals surface area contributed by atoms with Crippen LogP contribution in [0.25, 0.3) is 0 Å². The summed E-state index contributed by atoms with van der Waals surface area (Å²) in [5, 5.41) is 2.96. The topological polar surface area (TPSA) is 74.9 Å². The first-order valence-electron chi connectivity index (χ1n) is 1.93. The molecule has 0 spiro atoms. The molecular weight excluding hydrogens is 106 g/mol. The van der Waals surface area contributed by atoms with E-state index < -0.39 is 0 Å². The van der Waals surface area contributed by atoms with Gasteiger partial charge in [-0.3, -0.25) is 0 Å². The highest BCUT2D eigenvalue weighted by Crippen LogP contribution is 1.93. The number of rotatable bonds is 1. The molecule has 40 valence electrons. The summed E-state index contributed by atoms with van der Waals surface area (Å²) in [5.74, 6) is 0.139. The molecule has 0 radical (unpaired) electrons. The molecule has 0 unspecified atom stereocenters. The van der Waals surface area contributed by atoms with Gasteiger partial charge >= 0.3 is 0 Å². The predicted molar refractivity (Wildman–Crippen MR) is 24.6 cm³/mol. The first-order chi connectivity index (χ1) is 3.93. The molecule has 0 aliphatic carbocycles. The van der Waals surface area contributed by atoms with Gasteiger partial charge in [0, 0.05) is 0 Å². The standard InChI is InChI=1S/C3H3N5/c4-8-3-6-1-5-2-7-3/h1-2,4H. The van der Waals surface area contributed by atoms with Gasteiger partial charge in [0.1, 0.15) is 12.7 Å². The summed E-state index contributed by atoms with van der Waals surface area (Å²) in [6.07, 6.45) is 2.58. The third-order valence-corrected chi connectivity index (χ3v) is 0.580. The molecule has 0 aromatic carbocycles. The zero-order chi connectivity index (χ0) is 5.82. The molecular formula is C3H3N5. The summed E-state index contributed by atoms with van der Waals surface area (Å²) in [6.45, 7) is 0. The van der Waals surface area contributed by atoms with Crippen molar-refractivity contribution in [3.05, 3.63) is 12.7 Å². The van der Waals surface area contributed by atoms with Crippen LogP contribution in [0.2, 0.25) is 0 Å². The summed E-state index contributed by atoms with van der Waals surface area (Å²) in [5.41, 5.74) is 6.42. The average molecular weight is 109 g/mol. The van der Waals surface area contributed by atoms with E-state index in [1.54, 1.807) is 0 Å². The summed E-state index contributed by atoms with van der Waals surface area (Å²) < 4.78 is 0. The van der Waals surface area contributed by atoms with Crippen LogP contribution in [0, 0.1) is 5.53 Å². The Balaban J connectivity index is 2.99. The maximum Gasteiger partial charge on any atom is 0.271 e. The molecule has 1 heterocycles. The van der Waals surface area contributed by atoms with Crippen LogP contribution in [-0.4, -0.2) is 15.0 Å². The Morgan fingerprint density at radius 3 is 2.38 bits per heavy atom. The van der Waals surface area contributed by atoms with Gasteiger partial charge < -0.3 is 0 Å². The molecule has 1 rings (SSSR count). The van der Waals surface area contributed by atoms with E-state index in [2.05, 4.69) is 20.1 Å². The van der Waals surface area contributed by atoms with Crippen LogP contribution in [0.4, 0.5) is 5.95 Å². The van der Waals surface area contributed by atoms with Crippen LogP contribution in [0.15, 0.2) is 17.8 Å². The van der Waals surface area contributed by atoms with Crippen molar-refractivity contribution in [2.24, 2.45) is 5.11 Å². The first-order valence-corrected chi connectivity index (χ1v) is 1.93. The zero-order valence-electron chi connectivity index (χ0n) is 3.94. The molecule has 0 saturated heterocycles. The highest BCUT2D eigenvalue weighted by Gasteiger charge is 1.83. The van der Waals surface area contributed by atoms with Crippen LogP contribution in [0.5, 0.6) is 0 Å². The zero-order valence-corrected chi connectivity index (χ0v) is 3.94. The van der Waals surface area contributed by atoms with E-state index in [1.165, 1.54) is 12.7 Å². The van der Waals surface area contributed by atoms with Crippen molar-refractivity contribution in [1.82, 2.24) is 15.0 Å². The van der Waals surface area contributed by atoms with Gasteiger partial charge in [0.15, 0.2) is 0 Å². The van der Waals surface area contributed by atoms with E-state index in [-0.39, 0.29) is 5.95 Å². The summed E-state index contributed by atoms with van der Waals surface area (Å²) in [6, 6.07) is 0. The van der Waals surface area contributed by atoms with Crippen molar-refractivity contribution in [3.63, 3.8) is 0 Å². The minimum Gasteiger partial charge on any atom is -0.225 e. The van der Waals surface area contributed by atoms with Crippen LogP contribution in [-0.2, 0) is 0 Å². The molecule has 8 heavy (non-hydrogen) atoms. The molecule has 0 atom stereocenters. The van der Waals surface area contributed by atoms with Crippen molar-refractivity contribution < 1.29 is 0 Å². The Morgan fingerprint density at radius 1 is 1.38 bits per heavy atom. The van der Waals surface area contributed by atoms with Gasteiger partial charge in [0.2, 0.25) is 0 Å². The molecule has 0 amide bonds. The fourth-order valence-corrected chi connectivity index (χ4v) is 0.291. The number of hydrogen-bond donors (Lipinski definition) is 1. The fraction of sp³-hybridized carbons (Fsp3) is 0. The molecule has 1 N–H and O–H groups in total. The Labute approximate surface area is 45.3 Å². The van der Waals surface area contributed by atoms with Crippen LogP contribution >= 0.6 is 0 Å². The molecule has 1 aromatic heterocycles. The molecule has 0 bridgehead atoms. The first kappa shape index (κ1) is 4.76. The molecule has 0 aliphatic heterocycles. The quantitative estimate of drug-likeness (QED) is 0.534. The third-order valence-electron chi connectivity index (χ3n) is 0.580. The maximum absolute atomic E-state index is 6.42. The van der Waals surface area contributed by atoms with Gasteiger partial charge in [-0.25, -0.2) is 10.5 Å². The number of nitrogens with zero attached hydrogens (tertiary/aromatic N) is 4. The molecule has 0 aliphatic rings. The van der Waals surface area contributed by atoms with Crippen LogP contribution in [0.1, 0.15) is 0 Å². The lowest BCUT2D eigenvalue weighted by Gasteiger charge is -1.80. The lowest BCUT2D eigenvalue weighted by atomic mass is 11.0. The van der Waals surface area contributed by atoms with Gasteiger partial charge in [-0.15, -0.1) is 5.11 Å². The average Bonchev–Trinajstić information content (AvgIpc) is 1.90. The Bertz CT molecular complexity index is 170. The third kappa shape index (κ3) is 0.810. The highest BCUT2D eigenvalue weighted by molar-refractivity contribution is 5.05. The van der Waals surface area contributed by atoms with Crippen LogP contribution < -0.4 is 0 Å². The second kappa shape index (κ2) is 2.06. The van der Waals surface area contributed by atoms with Crippen molar-refractivity contribution >= 4 is 5.95 Å². The molecule has 0 fully saturated rings. The predicted octanol–water partition coefficient (Wildman–Crippen LogP) is 0.534. The number of aromatic nitrogens is 3. The van der Waals surface area contributed by atoms with E-state index in [9.17, 15) is 0 Å². The largest absolute Gasteiger partial charge is 0.271 e. The van der Waals surface area contributed by atoms with Gasteiger partial charge in [-0.2, -0.15) is 9.97 Å². The molecule has 5 nitrogen and oxygen atoms in total. The summed E-state index contributed by atoms with van der Waals surface area (Å²) in [4.78, 5) is 10.6. The van der Waals surface area contributed by atoms with Crippen molar-refractivity contribution in [1.29, 1.82) is 5.53 Å². The SMILES string of the molecule is N=Nc1ncncn1. The minimum atomic E-state index is 0.139. The second-order valence-corrected chi connectivity index (χ2v) is 1.05. The van der Waals surface area contributed by atoms with Gasteiger partial charge in [0.05, 0.1) is 0 Å². The minimum absolute atomic E-state index is 0.139.